The predicted octanol–water partition coefficient (Wildman–Crippen LogP) is 6.04. The van der Waals surface area contributed by atoms with Gasteiger partial charge in [0.15, 0.2) is 0 Å². The van der Waals surface area contributed by atoms with Crippen molar-refractivity contribution in [3.8, 4) is 0 Å². The van der Waals surface area contributed by atoms with Gasteiger partial charge in [-0.2, -0.15) is 0 Å². The molecular formula is C25H29N3O2S. The summed E-state index contributed by atoms with van der Waals surface area (Å²) in [5, 5.41) is 3.42. The maximum Gasteiger partial charge on any atom is 0.410 e. The molecule has 1 saturated heterocycles. The molecule has 1 amide bonds. The molecule has 0 spiro atoms. The Morgan fingerprint density at radius 2 is 1.94 bits per heavy atom. The minimum absolute atomic E-state index is 0.214. The van der Waals surface area contributed by atoms with Crippen molar-refractivity contribution in [3.63, 3.8) is 0 Å². The molecule has 0 aliphatic carbocycles. The molecule has 1 fully saturated rings. The van der Waals surface area contributed by atoms with Crippen LogP contribution in [0.1, 0.15) is 50.8 Å². The third-order valence-corrected chi connectivity index (χ3v) is 6.40. The van der Waals surface area contributed by atoms with E-state index in [4.69, 9.17) is 9.72 Å². The van der Waals surface area contributed by atoms with Gasteiger partial charge in [0.2, 0.25) is 0 Å². The first-order valence-corrected chi connectivity index (χ1v) is 11.8. The van der Waals surface area contributed by atoms with Crippen molar-refractivity contribution in [2.24, 2.45) is 0 Å². The molecule has 0 unspecified atom stereocenters. The second-order valence-electron chi connectivity index (χ2n) is 8.99. The first-order chi connectivity index (χ1) is 14.9. The molecule has 0 radical (unpaired) electrons. The topological polar surface area (TPSA) is 55.3 Å². The van der Waals surface area contributed by atoms with E-state index in [2.05, 4.69) is 41.4 Å². The molecule has 162 valence electrons. The molecular weight excluding hydrogens is 406 g/mol. The first-order valence-electron chi connectivity index (χ1n) is 10.8. The van der Waals surface area contributed by atoms with Crippen LogP contribution in [0.15, 0.2) is 59.9 Å². The van der Waals surface area contributed by atoms with Crippen LogP contribution in [-0.4, -0.2) is 39.7 Å². The van der Waals surface area contributed by atoms with Gasteiger partial charge in [0.25, 0.3) is 0 Å². The Bertz CT molecular complexity index is 1060. The predicted molar refractivity (Wildman–Crippen MR) is 125 cm³/mol. The van der Waals surface area contributed by atoms with Crippen molar-refractivity contribution in [1.29, 1.82) is 0 Å². The Morgan fingerprint density at radius 3 is 2.71 bits per heavy atom. The van der Waals surface area contributed by atoms with Crippen LogP contribution < -0.4 is 0 Å². The Kier molecular flexibility index (Phi) is 6.46. The minimum Gasteiger partial charge on any atom is -0.444 e. The summed E-state index contributed by atoms with van der Waals surface area (Å²) < 4.78 is 5.50. The number of benzene rings is 1. The summed E-state index contributed by atoms with van der Waals surface area (Å²) in [6.07, 6.45) is 5.34. The number of amides is 1. The van der Waals surface area contributed by atoms with Gasteiger partial charge in [-0.05, 0) is 62.8 Å². The lowest BCUT2D eigenvalue weighted by Gasteiger charge is -2.33. The molecule has 3 heterocycles. The molecule has 4 rings (SSSR count). The summed E-state index contributed by atoms with van der Waals surface area (Å²) in [5.41, 5.74) is 1.95. The third kappa shape index (κ3) is 5.76. The Labute approximate surface area is 188 Å². The molecule has 2 aromatic heterocycles. The summed E-state index contributed by atoms with van der Waals surface area (Å²) in [5.74, 6) is 1.26. The standard InChI is InChI=1S/C25H29N3O2S/c1-25(2,3)30-24(29)28-13-10-19(11-14-28)22-5-4-6-23(27-22)31-17-18-7-8-21-16-26-12-9-20(21)15-18/h4-9,12,15-16,19H,10-11,13-14,17H2,1-3H3. The number of hydrogen-bond acceptors (Lipinski definition) is 5. The van der Waals surface area contributed by atoms with Gasteiger partial charge in [0, 0.05) is 48.2 Å². The second kappa shape index (κ2) is 9.27. The summed E-state index contributed by atoms with van der Waals surface area (Å²) in [6, 6.07) is 14.8. The zero-order valence-electron chi connectivity index (χ0n) is 18.4. The van der Waals surface area contributed by atoms with Gasteiger partial charge in [-0.3, -0.25) is 4.98 Å². The van der Waals surface area contributed by atoms with Crippen LogP contribution in [0.25, 0.3) is 10.8 Å². The van der Waals surface area contributed by atoms with Crippen molar-refractivity contribution in [2.75, 3.05) is 13.1 Å². The lowest BCUT2D eigenvalue weighted by molar-refractivity contribution is 0.0204. The third-order valence-electron chi connectivity index (χ3n) is 5.40. The number of ether oxygens (including phenoxy) is 1. The van der Waals surface area contributed by atoms with Gasteiger partial charge in [0.1, 0.15) is 5.60 Å². The highest BCUT2D eigenvalue weighted by molar-refractivity contribution is 7.98. The Hall–Kier alpha value is -2.60. The quantitative estimate of drug-likeness (QED) is 0.468. The molecule has 0 atom stereocenters. The molecule has 31 heavy (non-hydrogen) atoms. The number of pyridine rings is 2. The average molecular weight is 436 g/mol. The van der Waals surface area contributed by atoms with Crippen molar-refractivity contribution in [2.45, 2.75) is 55.9 Å². The molecule has 1 aromatic carbocycles. The van der Waals surface area contributed by atoms with Crippen LogP contribution in [-0.2, 0) is 10.5 Å². The molecule has 1 aliphatic heterocycles. The fourth-order valence-electron chi connectivity index (χ4n) is 3.80. The molecule has 0 bridgehead atoms. The van der Waals surface area contributed by atoms with E-state index in [1.54, 1.807) is 11.8 Å². The Morgan fingerprint density at radius 1 is 1.13 bits per heavy atom. The van der Waals surface area contributed by atoms with Crippen molar-refractivity contribution in [3.05, 3.63) is 66.1 Å². The largest absolute Gasteiger partial charge is 0.444 e. The van der Waals surface area contributed by atoms with E-state index in [9.17, 15) is 4.79 Å². The van der Waals surface area contributed by atoms with E-state index in [0.717, 1.165) is 34.7 Å². The van der Waals surface area contributed by atoms with Crippen LogP contribution in [0.2, 0.25) is 0 Å². The maximum atomic E-state index is 12.3. The van der Waals surface area contributed by atoms with E-state index in [0.29, 0.717) is 19.0 Å². The highest BCUT2D eigenvalue weighted by Crippen LogP contribution is 2.30. The van der Waals surface area contributed by atoms with E-state index in [-0.39, 0.29) is 6.09 Å². The molecule has 6 heteroatoms. The molecule has 0 saturated carbocycles. The number of carbonyl (C=O) groups excluding carboxylic acids is 1. The van der Waals surface area contributed by atoms with Gasteiger partial charge in [0.05, 0.1) is 5.03 Å². The number of hydrogen-bond donors (Lipinski definition) is 0. The lowest BCUT2D eigenvalue weighted by atomic mass is 9.93. The van der Waals surface area contributed by atoms with Gasteiger partial charge >= 0.3 is 6.09 Å². The normalized spacial score (nSPS) is 15.3. The summed E-state index contributed by atoms with van der Waals surface area (Å²) >= 11 is 1.76. The van der Waals surface area contributed by atoms with Gasteiger partial charge in [-0.25, -0.2) is 9.78 Å². The number of carbonyl (C=O) groups is 1. The highest BCUT2D eigenvalue weighted by atomic mass is 32.2. The van der Waals surface area contributed by atoms with Gasteiger partial charge in [-0.15, -0.1) is 11.8 Å². The molecule has 5 nitrogen and oxygen atoms in total. The van der Waals surface area contributed by atoms with Crippen molar-refractivity contribution < 1.29 is 9.53 Å². The summed E-state index contributed by atoms with van der Waals surface area (Å²) in [7, 11) is 0. The van der Waals surface area contributed by atoms with Crippen molar-refractivity contribution in [1.82, 2.24) is 14.9 Å². The van der Waals surface area contributed by atoms with Crippen LogP contribution in [0.4, 0.5) is 4.79 Å². The number of likely N-dealkylation sites (tertiary alicyclic amines) is 1. The average Bonchev–Trinajstić information content (AvgIpc) is 2.77. The molecule has 1 aliphatic rings. The van der Waals surface area contributed by atoms with E-state index >= 15 is 0 Å². The fraction of sp³-hybridized carbons (Fsp3) is 0.400. The summed E-state index contributed by atoms with van der Waals surface area (Å²) in [4.78, 5) is 23.2. The SMILES string of the molecule is CC(C)(C)OC(=O)N1CCC(c2cccc(SCc3ccc4cnccc4c3)n2)CC1. The first kappa shape index (κ1) is 21.6. The highest BCUT2D eigenvalue weighted by Gasteiger charge is 2.28. The zero-order chi connectivity index (χ0) is 21.8. The van der Waals surface area contributed by atoms with E-state index in [1.165, 1.54) is 10.9 Å². The number of rotatable bonds is 4. The maximum absolute atomic E-state index is 12.3. The van der Waals surface area contributed by atoms with Gasteiger partial charge in [-0.1, -0.05) is 24.3 Å². The van der Waals surface area contributed by atoms with Gasteiger partial charge < -0.3 is 9.64 Å². The molecule has 3 aromatic rings. The number of fused-ring (bicyclic) bond motifs is 1. The number of aromatic nitrogens is 2. The minimum atomic E-state index is -0.455. The number of nitrogens with zero attached hydrogens (tertiary/aromatic N) is 3. The van der Waals surface area contributed by atoms with Crippen LogP contribution in [0, 0.1) is 0 Å². The van der Waals surface area contributed by atoms with E-state index < -0.39 is 5.60 Å². The van der Waals surface area contributed by atoms with Crippen molar-refractivity contribution >= 4 is 28.6 Å². The number of piperidine rings is 1. The van der Waals surface area contributed by atoms with Crippen LogP contribution >= 0.6 is 11.8 Å². The molecule has 0 N–H and O–H groups in total. The second-order valence-corrected chi connectivity index (χ2v) is 9.98. The Balaban J connectivity index is 1.34. The smallest absolute Gasteiger partial charge is 0.410 e. The van der Waals surface area contributed by atoms with Crippen LogP contribution in [0.5, 0.6) is 0 Å². The lowest BCUT2D eigenvalue weighted by Crippen LogP contribution is -2.41. The van der Waals surface area contributed by atoms with E-state index in [1.807, 2.05) is 44.1 Å². The number of thioether (sulfide) groups is 1. The monoisotopic (exact) mass is 435 g/mol. The van der Waals surface area contributed by atoms with Crippen LogP contribution in [0.3, 0.4) is 0 Å². The summed E-state index contributed by atoms with van der Waals surface area (Å²) in [6.45, 7) is 7.13. The fourth-order valence-corrected chi connectivity index (χ4v) is 4.64. The zero-order valence-corrected chi connectivity index (χ0v) is 19.2.